The largest absolute Gasteiger partial charge is 0.494 e. The Balaban J connectivity index is 1.48. The van der Waals surface area contributed by atoms with Crippen LogP contribution in [0.3, 0.4) is 0 Å². The second-order valence-electron chi connectivity index (χ2n) is 7.46. The number of hydrogen-bond donors (Lipinski definition) is 1. The number of likely N-dealkylation sites (tertiary alicyclic amines) is 1. The van der Waals surface area contributed by atoms with E-state index in [1.54, 1.807) is 32.4 Å². The van der Waals surface area contributed by atoms with Gasteiger partial charge in [-0.15, -0.1) is 0 Å². The Morgan fingerprint density at radius 3 is 2.29 bits per heavy atom. The second-order valence-corrected chi connectivity index (χ2v) is 7.46. The van der Waals surface area contributed by atoms with Crippen molar-refractivity contribution < 1.29 is 23.8 Å². The third-order valence-corrected chi connectivity index (χ3v) is 5.38. The van der Waals surface area contributed by atoms with Gasteiger partial charge in [0.2, 0.25) is 5.91 Å². The number of carbonyl (C=O) groups is 2. The van der Waals surface area contributed by atoms with E-state index < -0.39 is 0 Å². The lowest BCUT2D eigenvalue weighted by molar-refractivity contribution is -0.121. The van der Waals surface area contributed by atoms with Gasteiger partial charge in [-0.25, -0.2) is 0 Å². The van der Waals surface area contributed by atoms with E-state index in [1.165, 1.54) is 0 Å². The summed E-state index contributed by atoms with van der Waals surface area (Å²) < 4.78 is 15.9. The first-order chi connectivity index (χ1) is 15.0. The van der Waals surface area contributed by atoms with Gasteiger partial charge >= 0.3 is 0 Å². The van der Waals surface area contributed by atoms with Gasteiger partial charge in [0, 0.05) is 24.7 Å². The third kappa shape index (κ3) is 5.90. The molecule has 0 aromatic heterocycles. The van der Waals surface area contributed by atoms with Crippen LogP contribution in [-0.4, -0.2) is 56.7 Å². The molecule has 0 radical (unpaired) electrons. The molecule has 1 aliphatic heterocycles. The SMILES string of the molecule is CCOc1ccc(CC(=O)NC2CCN(C(=O)c3ccc(OC)c(OC)c3)CC2)cc1. The number of methoxy groups -OCH3 is 2. The first-order valence-electron chi connectivity index (χ1n) is 10.6. The number of piperidine rings is 1. The molecule has 2 amide bonds. The van der Waals surface area contributed by atoms with Crippen molar-refractivity contribution in [1.82, 2.24) is 10.2 Å². The molecule has 7 heteroatoms. The van der Waals surface area contributed by atoms with Gasteiger partial charge in [0.05, 0.1) is 27.2 Å². The lowest BCUT2D eigenvalue weighted by Crippen LogP contribution is -2.46. The highest BCUT2D eigenvalue weighted by atomic mass is 16.5. The van der Waals surface area contributed by atoms with E-state index in [2.05, 4.69) is 5.32 Å². The standard InChI is InChI=1S/C24H30N2O5/c1-4-31-20-8-5-17(6-9-20)15-23(27)25-19-11-13-26(14-12-19)24(28)18-7-10-21(29-2)22(16-18)30-3/h5-10,16,19H,4,11-15H2,1-3H3,(H,25,27). The smallest absolute Gasteiger partial charge is 0.253 e. The van der Waals surface area contributed by atoms with E-state index >= 15 is 0 Å². The van der Waals surface area contributed by atoms with Crippen molar-refractivity contribution in [2.24, 2.45) is 0 Å². The van der Waals surface area contributed by atoms with Gasteiger partial charge in [0.1, 0.15) is 5.75 Å². The molecule has 0 saturated carbocycles. The summed E-state index contributed by atoms with van der Waals surface area (Å²) in [5, 5.41) is 3.09. The monoisotopic (exact) mass is 426 g/mol. The van der Waals surface area contributed by atoms with Gasteiger partial charge < -0.3 is 24.4 Å². The van der Waals surface area contributed by atoms with Crippen molar-refractivity contribution >= 4 is 11.8 Å². The van der Waals surface area contributed by atoms with Crippen molar-refractivity contribution in [3.8, 4) is 17.2 Å². The maximum atomic E-state index is 12.8. The molecule has 166 valence electrons. The van der Waals surface area contributed by atoms with Gasteiger partial charge in [0.25, 0.3) is 5.91 Å². The third-order valence-electron chi connectivity index (χ3n) is 5.38. The molecule has 7 nitrogen and oxygen atoms in total. The Bertz CT molecular complexity index is 889. The summed E-state index contributed by atoms with van der Waals surface area (Å²) in [7, 11) is 3.11. The number of rotatable bonds is 8. The number of carbonyl (C=O) groups excluding carboxylic acids is 2. The molecular weight excluding hydrogens is 396 g/mol. The van der Waals surface area contributed by atoms with Crippen molar-refractivity contribution in [2.75, 3.05) is 33.9 Å². The summed E-state index contributed by atoms with van der Waals surface area (Å²) in [4.78, 5) is 27.1. The van der Waals surface area contributed by atoms with E-state index in [9.17, 15) is 9.59 Å². The van der Waals surface area contributed by atoms with Gasteiger partial charge in [-0.05, 0) is 55.7 Å². The zero-order chi connectivity index (χ0) is 22.2. The molecule has 31 heavy (non-hydrogen) atoms. The molecule has 1 aliphatic rings. The van der Waals surface area contributed by atoms with Gasteiger partial charge in [0.15, 0.2) is 11.5 Å². The van der Waals surface area contributed by atoms with Crippen LogP contribution in [0, 0.1) is 0 Å². The summed E-state index contributed by atoms with van der Waals surface area (Å²) in [5.74, 6) is 1.88. The fourth-order valence-electron chi connectivity index (χ4n) is 3.71. The first-order valence-corrected chi connectivity index (χ1v) is 10.6. The van der Waals surface area contributed by atoms with Crippen molar-refractivity contribution in [3.05, 3.63) is 53.6 Å². The summed E-state index contributed by atoms with van der Waals surface area (Å²) in [6, 6.07) is 12.8. The minimum Gasteiger partial charge on any atom is -0.494 e. The highest BCUT2D eigenvalue weighted by Crippen LogP contribution is 2.28. The van der Waals surface area contributed by atoms with E-state index in [0.29, 0.717) is 43.2 Å². The Kier molecular flexibility index (Phi) is 7.76. The van der Waals surface area contributed by atoms with Crippen LogP contribution in [0.15, 0.2) is 42.5 Å². The van der Waals surface area contributed by atoms with E-state index in [1.807, 2.05) is 36.1 Å². The lowest BCUT2D eigenvalue weighted by atomic mass is 10.0. The fraction of sp³-hybridized carbons (Fsp3) is 0.417. The van der Waals surface area contributed by atoms with Crippen LogP contribution in [0.1, 0.15) is 35.7 Å². The fourth-order valence-corrected chi connectivity index (χ4v) is 3.71. The molecule has 1 heterocycles. The molecule has 2 aromatic carbocycles. The minimum atomic E-state index is -0.0416. The highest BCUT2D eigenvalue weighted by molar-refractivity contribution is 5.95. The number of amides is 2. The molecular formula is C24H30N2O5. The summed E-state index contributed by atoms with van der Waals surface area (Å²) in [6.45, 7) is 3.75. The van der Waals surface area contributed by atoms with E-state index in [0.717, 1.165) is 24.2 Å². The van der Waals surface area contributed by atoms with Crippen molar-refractivity contribution in [2.45, 2.75) is 32.2 Å². The number of nitrogens with one attached hydrogen (secondary N) is 1. The number of benzene rings is 2. The van der Waals surface area contributed by atoms with Gasteiger partial charge in [-0.2, -0.15) is 0 Å². The number of nitrogens with zero attached hydrogens (tertiary/aromatic N) is 1. The maximum Gasteiger partial charge on any atom is 0.253 e. The Morgan fingerprint density at radius 2 is 1.68 bits per heavy atom. The quantitative estimate of drug-likeness (QED) is 0.702. The zero-order valence-electron chi connectivity index (χ0n) is 18.3. The molecule has 2 aromatic rings. The van der Waals surface area contributed by atoms with Crippen molar-refractivity contribution in [1.29, 1.82) is 0 Å². The topological polar surface area (TPSA) is 77.1 Å². The highest BCUT2D eigenvalue weighted by Gasteiger charge is 2.25. The maximum absolute atomic E-state index is 12.8. The van der Waals surface area contributed by atoms with Crippen LogP contribution >= 0.6 is 0 Å². The van der Waals surface area contributed by atoms with E-state index in [4.69, 9.17) is 14.2 Å². The molecule has 0 bridgehead atoms. The van der Waals surface area contributed by atoms with Crippen LogP contribution in [0.4, 0.5) is 0 Å². The summed E-state index contributed by atoms with van der Waals surface area (Å²) >= 11 is 0. The molecule has 3 rings (SSSR count). The number of ether oxygens (including phenoxy) is 3. The summed E-state index contributed by atoms with van der Waals surface area (Å²) in [6.07, 6.45) is 1.79. The van der Waals surface area contributed by atoms with Crippen molar-refractivity contribution in [3.63, 3.8) is 0 Å². The average Bonchev–Trinajstić information content (AvgIpc) is 2.80. The zero-order valence-corrected chi connectivity index (χ0v) is 18.3. The van der Waals surface area contributed by atoms with Gasteiger partial charge in [-0.3, -0.25) is 9.59 Å². The molecule has 0 unspecified atom stereocenters. The van der Waals surface area contributed by atoms with Crippen LogP contribution in [-0.2, 0) is 11.2 Å². The average molecular weight is 427 g/mol. The van der Waals surface area contributed by atoms with Crippen LogP contribution in [0.5, 0.6) is 17.2 Å². The number of hydrogen-bond acceptors (Lipinski definition) is 5. The summed E-state index contributed by atoms with van der Waals surface area (Å²) in [5.41, 5.74) is 1.51. The molecule has 0 atom stereocenters. The normalized spacial score (nSPS) is 14.1. The lowest BCUT2D eigenvalue weighted by Gasteiger charge is -2.32. The Hall–Kier alpha value is -3.22. The van der Waals surface area contributed by atoms with E-state index in [-0.39, 0.29) is 17.9 Å². The first kappa shape index (κ1) is 22.5. The molecule has 1 N–H and O–H groups in total. The molecule has 0 spiro atoms. The van der Waals surface area contributed by atoms with Crippen LogP contribution < -0.4 is 19.5 Å². The Morgan fingerprint density at radius 1 is 1.00 bits per heavy atom. The predicted octanol–water partition coefficient (Wildman–Crippen LogP) is 3.07. The second kappa shape index (κ2) is 10.7. The molecule has 1 saturated heterocycles. The minimum absolute atomic E-state index is 0.00572. The van der Waals surface area contributed by atoms with Gasteiger partial charge in [-0.1, -0.05) is 12.1 Å². The predicted molar refractivity (Wildman–Crippen MR) is 118 cm³/mol. The Labute approximate surface area is 183 Å². The molecule has 0 aliphatic carbocycles. The molecule has 1 fully saturated rings. The van der Waals surface area contributed by atoms with Crippen LogP contribution in [0.2, 0.25) is 0 Å². The van der Waals surface area contributed by atoms with Crippen LogP contribution in [0.25, 0.3) is 0 Å².